The van der Waals surface area contributed by atoms with Crippen LogP contribution in [-0.4, -0.2) is 58.0 Å². The van der Waals surface area contributed by atoms with Gasteiger partial charge in [-0.3, -0.25) is 9.69 Å². The number of morpholine rings is 1. The summed E-state index contributed by atoms with van der Waals surface area (Å²) in [4.78, 5) is 13.7. The number of ketones is 1. The number of rotatable bonds is 7. The third kappa shape index (κ3) is 5.37. The molecule has 1 saturated heterocycles. The van der Waals surface area contributed by atoms with Gasteiger partial charge in [0.25, 0.3) is 0 Å². The van der Waals surface area contributed by atoms with Crippen LogP contribution in [0.4, 0.5) is 0 Å². The Morgan fingerprint density at radius 1 is 1.33 bits per heavy atom. The van der Waals surface area contributed by atoms with Crippen LogP contribution in [0.2, 0.25) is 0 Å². The van der Waals surface area contributed by atoms with Crippen molar-refractivity contribution in [1.29, 1.82) is 0 Å². The number of benzene rings is 1. The maximum Gasteiger partial charge on any atom is 0.240 e. The summed E-state index contributed by atoms with van der Waals surface area (Å²) >= 11 is 0. The maximum atomic E-state index is 12.4. The molecule has 0 amide bonds. The number of nitrogens with zero attached hydrogens (tertiary/aromatic N) is 1. The highest BCUT2D eigenvalue weighted by Gasteiger charge is 2.23. The number of carbonyl (C=O) groups is 1. The lowest BCUT2D eigenvalue weighted by molar-refractivity contribution is -0.0280. The predicted octanol–water partition coefficient (Wildman–Crippen LogP) is 1.52. The number of sulfonamides is 1. The molecule has 0 radical (unpaired) electrons. The summed E-state index contributed by atoms with van der Waals surface area (Å²) in [6.07, 6.45) is -0.149. The number of Topliss-reactive ketones (excluding diaryl/α,β-unsaturated/α-hetero) is 1. The minimum absolute atomic E-state index is 0.0900. The van der Waals surface area contributed by atoms with Gasteiger partial charge in [-0.2, -0.15) is 0 Å². The fraction of sp³-hybridized carbons (Fsp3) is 0.588. The molecule has 1 aromatic carbocycles. The fourth-order valence-electron chi connectivity index (χ4n) is 2.74. The molecule has 1 heterocycles. The molecule has 7 heteroatoms. The summed E-state index contributed by atoms with van der Waals surface area (Å²) in [5.41, 5.74) is 0.494. The molecule has 2 rings (SSSR count). The van der Waals surface area contributed by atoms with Crippen LogP contribution in [-0.2, 0) is 14.8 Å². The molecule has 1 aliphatic rings. The smallest absolute Gasteiger partial charge is 0.240 e. The first-order valence-corrected chi connectivity index (χ1v) is 9.71. The van der Waals surface area contributed by atoms with Gasteiger partial charge >= 0.3 is 0 Å². The summed E-state index contributed by atoms with van der Waals surface area (Å²) in [5, 5.41) is 0. The summed E-state index contributed by atoms with van der Waals surface area (Å²) in [7, 11) is -3.60. The fourth-order valence-corrected chi connectivity index (χ4v) is 3.81. The molecule has 134 valence electrons. The number of hydrogen-bond acceptors (Lipinski definition) is 5. The van der Waals surface area contributed by atoms with E-state index in [1.807, 2.05) is 0 Å². The van der Waals surface area contributed by atoms with Crippen molar-refractivity contribution < 1.29 is 17.9 Å². The minimum atomic E-state index is -3.60. The first kappa shape index (κ1) is 19.1. The molecular weight excluding hydrogens is 328 g/mol. The lowest BCUT2D eigenvalue weighted by atomic mass is 10.2. The molecular formula is C17H26N2O4S. The van der Waals surface area contributed by atoms with Crippen LogP contribution in [0.1, 0.15) is 31.1 Å². The Balaban J connectivity index is 1.93. The Bertz CT molecular complexity index is 656. The molecule has 0 saturated carbocycles. The van der Waals surface area contributed by atoms with Gasteiger partial charge in [0, 0.05) is 31.7 Å². The van der Waals surface area contributed by atoms with Gasteiger partial charge in [0.05, 0.1) is 17.6 Å². The maximum absolute atomic E-state index is 12.4. The Morgan fingerprint density at radius 2 is 2.00 bits per heavy atom. The molecule has 1 fully saturated rings. The van der Waals surface area contributed by atoms with E-state index in [2.05, 4.69) is 23.5 Å². The zero-order chi connectivity index (χ0) is 17.7. The minimum Gasteiger partial charge on any atom is -0.374 e. The molecule has 1 aromatic rings. The van der Waals surface area contributed by atoms with Gasteiger partial charge in [-0.15, -0.1) is 0 Å². The van der Waals surface area contributed by atoms with Crippen molar-refractivity contribution in [3.8, 4) is 0 Å². The van der Waals surface area contributed by atoms with Crippen molar-refractivity contribution in [2.45, 2.75) is 31.8 Å². The van der Waals surface area contributed by atoms with E-state index in [1.165, 1.54) is 31.2 Å². The van der Waals surface area contributed by atoms with E-state index < -0.39 is 10.0 Å². The van der Waals surface area contributed by atoms with Crippen molar-refractivity contribution >= 4 is 15.8 Å². The van der Waals surface area contributed by atoms with Crippen LogP contribution < -0.4 is 4.72 Å². The standard InChI is InChI=1S/C17H26N2O4S/c1-13(2)11-19-8-9-23-16(12-19)10-18-24(21,22)17-6-4-15(5-7-17)14(3)20/h4-7,13,16,18H,8-12H2,1-3H3. The zero-order valence-electron chi connectivity index (χ0n) is 14.5. The number of hydrogen-bond donors (Lipinski definition) is 1. The third-order valence-electron chi connectivity index (χ3n) is 3.92. The molecule has 1 unspecified atom stereocenters. The van der Waals surface area contributed by atoms with Crippen molar-refractivity contribution in [3.63, 3.8) is 0 Å². The molecule has 0 spiro atoms. The van der Waals surface area contributed by atoms with Gasteiger partial charge in [-0.25, -0.2) is 13.1 Å². The third-order valence-corrected chi connectivity index (χ3v) is 5.36. The molecule has 6 nitrogen and oxygen atoms in total. The first-order valence-electron chi connectivity index (χ1n) is 8.22. The van der Waals surface area contributed by atoms with Gasteiger partial charge in [0.1, 0.15) is 0 Å². The summed E-state index contributed by atoms with van der Waals surface area (Å²) in [6, 6.07) is 5.95. The summed E-state index contributed by atoms with van der Waals surface area (Å²) < 4.78 is 33.0. The average molecular weight is 354 g/mol. The lowest BCUT2D eigenvalue weighted by Gasteiger charge is -2.33. The molecule has 1 atom stereocenters. The van der Waals surface area contributed by atoms with Gasteiger partial charge in [0.15, 0.2) is 5.78 Å². The quantitative estimate of drug-likeness (QED) is 0.752. The van der Waals surface area contributed by atoms with Gasteiger partial charge in [-0.05, 0) is 25.0 Å². The van der Waals surface area contributed by atoms with Gasteiger partial charge in [0.2, 0.25) is 10.0 Å². The van der Waals surface area contributed by atoms with E-state index in [0.717, 1.165) is 19.6 Å². The Labute approximate surface area is 144 Å². The predicted molar refractivity (Wildman–Crippen MR) is 92.7 cm³/mol. The molecule has 1 aliphatic heterocycles. The van der Waals surface area contributed by atoms with Gasteiger partial charge in [-0.1, -0.05) is 26.0 Å². The average Bonchev–Trinajstić information content (AvgIpc) is 2.53. The van der Waals surface area contributed by atoms with Crippen LogP contribution in [0.15, 0.2) is 29.2 Å². The van der Waals surface area contributed by atoms with Gasteiger partial charge < -0.3 is 4.74 Å². The summed E-state index contributed by atoms with van der Waals surface area (Å²) in [5.74, 6) is 0.480. The van der Waals surface area contributed by atoms with E-state index in [0.29, 0.717) is 18.1 Å². The molecule has 24 heavy (non-hydrogen) atoms. The second kappa shape index (κ2) is 8.20. The van der Waals surface area contributed by atoms with Crippen molar-refractivity contribution in [2.75, 3.05) is 32.8 Å². The van der Waals surface area contributed by atoms with E-state index >= 15 is 0 Å². The van der Waals surface area contributed by atoms with E-state index in [-0.39, 0.29) is 23.3 Å². The van der Waals surface area contributed by atoms with Crippen LogP contribution in [0.3, 0.4) is 0 Å². The normalized spacial score (nSPS) is 19.6. The van der Waals surface area contributed by atoms with Crippen molar-refractivity contribution in [1.82, 2.24) is 9.62 Å². The highest BCUT2D eigenvalue weighted by atomic mass is 32.2. The Kier molecular flexibility index (Phi) is 6.51. The second-order valence-electron chi connectivity index (χ2n) is 6.58. The van der Waals surface area contributed by atoms with Crippen LogP contribution in [0.25, 0.3) is 0 Å². The lowest BCUT2D eigenvalue weighted by Crippen LogP contribution is -2.48. The molecule has 1 N–H and O–H groups in total. The molecule has 0 aliphatic carbocycles. The van der Waals surface area contributed by atoms with Crippen LogP contribution >= 0.6 is 0 Å². The van der Waals surface area contributed by atoms with Crippen LogP contribution in [0, 0.1) is 5.92 Å². The highest BCUT2D eigenvalue weighted by Crippen LogP contribution is 2.12. The largest absolute Gasteiger partial charge is 0.374 e. The number of carbonyl (C=O) groups excluding carboxylic acids is 1. The van der Waals surface area contributed by atoms with Crippen molar-refractivity contribution in [3.05, 3.63) is 29.8 Å². The van der Waals surface area contributed by atoms with Crippen LogP contribution in [0.5, 0.6) is 0 Å². The molecule has 0 bridgehead atoms. The van der Waals surface area contributed by atoms with E-state index in [1.54, 1.807) is 0 Å². The molecule has 0 aromatic heterocycles. The number of ether oxygens (including phenoxy) is 1. The Hall–Kier alpha value is -1.28. The van der Waals surface area contributed by atoms with E-state index in [9.17, 15) is 13.2 Å². The van der Waals surface area contributed by atoms with E-state index in [4.69, 9.17) is 4.74 Å². The summed E-state index contributed by atoms with van der Waals surface area (Å²) in [6.45, 7) is 9.23. The topological polar surface area (TPSA) is 75.7 Å². The van der Waals surface area contributed by atoms with Crippen molar-refractivity contribution in [2.24, 2.45) is 5.92 Å². The first-order chi connectivity index (χ1) is 11.3. The second-order valence-corrected chi connectivity index (χ2v) is 8.35. The number of nitrogens with one attached hydrogen (secondary N) is 1. The highest BCUT2D eigenvalue weighted by molar-refractivity contribution is 7.89. The monoisotopic (exact) mass is 354 g/mol. The SMILES string of the molecule is CC(=O)c1ccc(S(=O)(=O)NCC2CN(CC(C)C)CCO2)cc1. The Morgan fingerprint density at radius 3 is 2.58 bits per heavy atom. The zero-order valence-corrected chi connectivity index (χ0v) is 15.3.